The zero-order valence-corrected chi connectivity index (χ0v) is 13.4. The standard InChI is InChI=1S/C19H13F2N3O2/c20-16-7-6-15(9-17(16)21)24-19(26)13-8-12(10-22-11-13)18(25)23-14-4-2-1-3-5-14/h1-11H,(H,23,25)(H,24,26). The summed E-state index contributed by atoms with van der Waals surface area (Å²) in [4.78, 5) is 28.4. The third kappa shape index (κ3) is 4.07. The van der Waals surface area contributed by atoms with E-state index in [0.717, 1.165) is 12.1 Å². The van der Waals surface area contributed by atoms with Crippen LogP contribution in [0.5, 0.6) is 0 Å². The predicted octanol–water partition coefficient (Wildman–Crippen LogP) is 3.86. The van der Waals surface area contributed by atoms with Crippen LogP contribution >= 0.6 is 0 Å². The molecule has 26 heavy (non-hydrogen) atoms. The van der Waals surface area contributed by atoms with Gasteiger partial charge >= 0.3 is 0 Å². The van der Waals surface area contributed by atoms with E-state index in [4.69, 9.17) is 0 Å². The van der Waals surface area contributed by atoms with Crippen LogP contribution in [0.15, 0.2) is 67.0 Å². The van der Waals surface area contributed by atoms with Crippen molar-refractivity contribution in [3.05, 3.63) is 89.8 Å². The van der Waals surface area contributed by atoms with E-state index in [2.05, 4.69) is 15.6 Å². The molecule has 0 aliphatic rings. The minimum Gasteiger partial charge on any atom is -0.322 e. The molecular formula is C19H13F2N3O2. The summed E-state index contributed by atoms with van der Waals surface area (Å²) >= 11 is 0. The summed E-state index contributed by atoms with van der Waals surface area (Å²) in [5.74, 6) is -3.11. The molecule has 0 aliphatic heterocycles. The van der Waals surface area contributed by atoms with Crippen molar-refractivity contribution in [2.75, 3.05) is 10.6 Å². The maximum atomic E-state index is 13.2. The van der Waals surface area contributed by atoms with E-state index in [0.29, 0.717) is 5.69 Å². The van der Waals surface area contributed by atoms with Gasteiger partial charge in [-0.2, -0.15) is 0 Å². The fourth-order valence-electron chi connectivity index (χ4n) is 2.19. The first kappa shape index (κ1) is 17.2. The molecule has 0 radical (unpaired) electrons. The number of aromatic nitrogens is 1. The Kier molecular flexibility index (Phi) is 4.98. The number of halogens is 2. The molecule has 0 aliphatic carbocycles. The summed E-state index contributed by atoms with van der Waals surface area (Å²) in [6.45, 7) is 0. The number of pyridine rings is 1. The van der Waals surface area contributed by atoms with E-state index in [1.54, 1.807) is 24.3 Å². The van der Waals surface area contributed by atoms with E-state index in [1.807, 2.05) is 6.07 Å². The monoisotopic (exact) mass is 353 g/mol. The van der Waals surface area contributed by atoms with Crippen LogP contribution < -0.4 is 10.6 Å². The molecule has 130 valence electrons. The van der Waals surface area contributed by atoms with Gasteiger partial charge in [0.25, 0.3) is 11.8 Å². The smallest absolute Gasteiger partial charge is 0.257 e. The van der Waals surface area contributed by atoms with E-state index in [-0.39, 0.29) is 16.8 Å². The molecule has 2 N–H and O–H groups in total. The Labute approximate surface area is 147 Å². The average Bonchev–Trinajstić information content (AvgIpc) is 2.65. The van der Waals surface area contributed by atoms with Gasteiger partial charge in [-0.1, -0.05) is 18.2 Å². The number of para-hydroxylation sites is 1. The zero-order valence-electron chi connectivity index (χ0n) is 13.4. The van der Waals surface area contributed by atoms with Crippen LogP contribution in [0, 0.1) is 11.6 Å². The van der Waals surface area contributed by atoms with Crippen molar-refractivity contribution in [2.24, 2.45) is 0 Å². The van der Waals surface area contributed by atoms with E-state index in [9.17, 15) is 18.4 Å². The molecule has 1 heterocycles. The maximum absolute atomic E-state index is 13.2. The van der Waals surface area contributed by atoms with Gasteiger partial charge in [-0.3, -0.25) is 14.6 Å². The van der Waals surface area contributed by atoms with Crippen LogP contribution in [-0.2, 0) is 0 Å². The Balaban J connectivity index is 1.74. The molecule has 3 aromatic rings. The van der Waals surface area contributed by atoms with Gasteiger partial charge in [-0.15, -0.1) is 0 Å². The Morgan fingerprint density at radius 3 is 1.96 bits per heavy atom. The molecule has 3 rings (SSSR count). The highest BCUT2D eigenvalue weighted by atomic mass is 19.2. The third-order valence-electron chi connectivity index (χ3n) is 3.47. The zero-order chi connectivity index (χ0) is 18.5. The van der Waals surface area contributed by atoms with Crippen molar-refractivity contribution in [1.29, 1.82) is 0 Å². The lowest BCUT2D eigenvalue weighted by atomic mass is 10.1. The topological polar surface area (TPSA) is 71.1 Å². The van der Waals surface area contributed by atoms with Crippen molar-refractivity contribution in [3.63, 3.8) is 0 Å². The van der Waals surface area contributed by atoms with Crippen LogP contribution in [0.3, 0.4) is 0 Å². The van der Waals surface area contributed by atoms with Crippen LogP contribution in [0.1, 0.15) is 20.7 Å². The quantitative estimate of drug-likeness (QED) is 0.748. The lowest BCUT2D eigenvalue weighted by molar-refractivity contribution is 0.102. The number of amides is 2. The first-order chi connectivity index (χ1) is 12.5. The van der Waals surface area contributed by atoms with Crippen LogP contribution in [0.2, 0.25) is 0 Å². The molecule has 1 aromatic heterocycles. The largest absolute Gasteiger partial charge is 0.322 e. The summed E-state index contributed by atoms with van der Waals surface area (Å²) in [5.41, 5.74) is 0.990. The number of nitrogens with zero attached hydrogens (tertiary/aromatic N) is 1. The molecule has 0 unspecified atom stereocenters. The highest BCUT2D eigenvalue weighted by Crippen LogP contribution is 2.15. The lowest BCUT2D eigenvalue weighted by Gasteiger charge is -2.08. The minimum absolute atomic E-state index is 0.0908. The Bertz CT molecular complexity index is 962. The van der Waals surface area contributed by atoms with Crippen LogP contribution in [-0.4, -0.2) is 16.8 Å². The van der Waals surface area contributed by atoms with Gasteiger partial charge in [0.05, 0.1) is 11.1 Å². The van der Waals surface area contributed by atoms with Crippen molar-refractivity contribution >= 4 is 23.2 Å². The Morgan fingerprint density at radius 2 is 1.35 bits per heavy atom. The molecule has 0 fully saturated rings. The summed E-state index contributed by atoms with van der Waals surface area (Å²) in [5, 5.41) is 5.11. The number of hydrogen-bond donors (Lipinski definition) is 2. The third-order valence-corrected chi connectivity index (χ3v) is 3.47. The molecule has 0 atom stereocenters. The molecule has 7 heteroatoms. The van der Waals surface area contributed by atoms with Gasteiger partial charge in [0.2, 0.25) is 0 Å². The van der Waals surface area contributed by atoms with Gasteiger partial charge in [0.1, 0.15) is 0 Å². The lowest BCUT2D eigenvalue weighted by Crippen LogP contribution is -2.16. The van der Waals surface area contributed by atoms with Crippen molar-refractivity contribution in [3.8, 4) is 0 Å². The minimum atomic E-state index is -1.07. The number of hydrogen-bond acceptors (Lipinski definition) is 3. The van der Waals surface area contributed by atoms with Gasteiger partial charge in [-0.05, 0) is 30.3 Å². The van der Waals surface area contributed by atoms with Crippen molar-refractivity contribution in [2.45, 2.75) is 0 Å². The summed E-state index contributed by atoms with van der Waals surface area (Å²) in [7, 11) is 0. The average molecular weight is 353 g/mol. The van der Waals surface area contributed by atoms with Gasteiger partial charge in [0, 0.05) is 29.8 Å². The predicted molar refractivity (Wildman–Crippen MR) is 92.9 cm³/mol. The molecule has 5 nitrogen and oxygen atoms in total. The van der Waals surface area contributed by atoms with E-state index < -0.39 is 23.4 Å². The normalized spacial score (nSPS) is 10.2. The van der Waals surface area contributed by atoms with Crippen LogP contribution in [0.4, 0.5) is 20.2 Å². The maximum Gasteiger partial charge on any atom is 0.257 e. The summed E-state index contributed by atoms with van der Waals surface area (Å²) < 4.78 is 26.2. The van der Waals surface area contributed by atoms with Gasteiger partial charge in [0.15, 0.2) is 11.6 Å². The first-order valence-electron chi connectivity index (χ1n) is 7.61. The molecule has 2 aromatic carbocycles. The van der Waals surface area contributed by atoms with Crippen LogP contribution in [0.25, 0.3) is 0 Å². The summed E-state index contributed by atoms with van der Waals surface area (Å²) in [6.07, 6.45) is 2.60. The second-order valence-corrected chi connectivity index (χ2v) is 5.37. The number of rotatable bonds is 4. The number of benzene rings is 2. The van der Waals surface area contributed by atoms with Crippen molar-refractivity contribution < 1.29 is 18.4 Å². The Hall–Kier alpha value is -3.61. The van der Waals surface area contributed by atoms with Crippen molar-refractivity contribution in [1.82, 2.24) is 4.98 Å². The van der Waals surface area contributed by atoms with Gasteiger partial charge in [-0.25, -0.2) is 8.78 Å². The molecule has 2 amide bonds. The Morgan fingerprint density at radius 1 is 0.731 bits per heavy atom. The first-order valence-corrected chi connectivity index (χ1v) is 7.61. The highest BCUT2D eigenvalue weighted by Gasteiger charge is 2.13. The molecular weight excluding hydrogens is 340 g/mol. The molecule has 0 saturated heterocycles. The van der Waals surface area contributed by atoms with Gasteiger partial charge < -0.3 is 10.6 Å². The molecule has 0 saturated carbocycles. The SMILES string of the molecule is O=C(Nc1ccccc1)c1cncc(C(=O)Nc2ccc(F)c(F)c2)c1. The highest BCUT2D eigenvalue weighted by molar-refractivity contribution is 6.08. The number of nitrogens with one attached hydrogen (secondary N) is 2. The number of carbonyl (C=O) groups is 2. The summed E-state index contributed by atoms with van der Waals surface area (Å²) in [6, 6.07) is 13.2. The second kappa shape index (κ2) is 7.52. The van der Waals surface area contributed by atoms with E-state index >= 15 is 0 Å². The fraction of sp³-hybridized carbons (Fsp3) is 0. The second-order valence-electron chi connectivity index (χ2n) is 5.37. The fourth-order valence-corrected chi connectivity index (χ4v) is 2.19. The number of carbonyl (C=O) groups excluding carboxylic acids is 2. The molecule has 0 bridgehead atoms. The molecule has 0 spiro atoms. The van der Waals surface area contributed by atoms with E-state index in [1.165, 1.54) is 24.5 Å². The number of anilines is 2.